The number of hydrogen-bond donors (Lipinski definition) is 1. The number of aliphatic hydroxyl groups is 1. The van der Waals surface area contributed by atoms with Crippen LogP contribution in [0.5, 0.6) is 0 Å². The van der Waals surface area contributed by atoms with Crippen molar-refractivity contribution >= 4 is 9.84 Å². The summed E-state index contributed by atoms with van der Waals surface area (Å²) in [5.74, 6) is 0.726. The van der Waals surface area contributed by atoms with Gasteiger partial charge in [-0.3, -0.25) is 9.58 Å². The highest BCUT2D eigenvalue weighted by Gasteiger charge is 2.23. The smallest absolute Gasteiger partial charge is 0.150 e. The van der Waals surface area contributed by atoms with Gasteiger partial charge in [-0.2, -0.15) is 5.10 Å². The quantitative estimate of drug-likeness (QED) is 0.797. The summed E-state index contributed by atoms with van der Waals surface area (Å²) in [5, 5.41) is 14.4. The van der Waals surface area contributed by atoms with E-state index in [2.05, 4.69) is 26.5 Å². The molecule has 2 aromatic heterocycles. The first-order valence-electron chi connectivity index (χ1n) is 8.00. The van der Waals surface area contributed by atoms with Crippen molar-refractivity contribution in [1.29, 1.82) is 0 Å². The van der Waals surface area contributed by atoms with Crippen LogP contribution in [-0.2, 0) is 36.0 Å². The van der Waals surface area contributed by atoms with E-state index in [-0.39, 0.29) is 5.75 Å². The molecule has 0 bridgehead atoms. The van der Waals surface area contributed by atoms with Crippen molar-refractivity contribution in [3.05, 3.63) is 35.7 Å². The van der Waals surface area contributed by atoms with Crippen molar-refractivity contribution < 1.29 is 13.5 Å². The molecule has 1 aliphatic heterocycles. The lowest BCUT2D eigenvalue weighted by Crippen LogP contribution is -2.34. The summed E-state index contributed by atoms with van der Waals surface area (Å²) in [6.45, 7) is 6.00. The highest BCUT2D eigenvalue weighted by atomic mass is 32.2. The van der Waals surface area contributed by atoms with Gasteiger partial charge in [-0.05, 0) is 13.0 Å². The van der Waals surface area contributed by atoms with E-state index in [1.807, 2.05) is 17.1 Å². The third-order valence-electron chi connectivity index (χ3n) is 4.21. The number of rotatable bonds is 6. The number of aryl methyl sites for hydroxylation is 1. The summed E-state index contributed by atoms with van der Waals surface area (Å²) >= 11 is 0. The topological polar surface area (TPSA) is 93.2 Å². The maximum atomic E-state index is 11.3. The molecule has 2 aromatic rings. The van der Waals surface area contributed by atoms with Gasteiger partial charge in [0, 0.05) is 38.3 Å². The zero-order valence-corrected chi connectivity index (χ0v) is 14.8. The van der Waals surface area contributed by atoms with E-state index in [1.165, 1.54) is 0 Å². The maximum Gasteiger partial charge on any atom is 0.150 e. The van der Waals surface area contributed by atoms with Crippen molar-refractivity contribution in [2.24, 2.45) is 0 Å². The number of nitrogens with zero attached hydrogens (tertiary/aromatic N) is 5. The first-order chi connectivity index (χ1) is 11.4. The SMILES string of the molecule is CCn1ccnc1CN1CCn2nc([C@@H](O)CS(C)(=O)=O)cc2C1. The highest BCUT2D eigenvalue weighted by molar-refractivity contribution is 7.90. The van der Waals surface area contributed by atoms with E-state index in [0.717, 1.165) is 37.4 Å². The molecule has 1 N–H and O–H groups in total. The first kappa shape index (κ1) is 17.1. The van der Waals surface area contributed by atoms with Gasteiger partial charge in [-0.15, -0.1) is 0 Å². The van der Waals surface area contributed by atoms with Crippen LogP contribution in [-0.4, -0.2) is 56.3 Å². The number of sulfone groups is 1. The molecule has 0 fully saturated rings. The van der Waals surface area contributed by atoms with Crippen LogP contribution >= 0.6 is 0 Å². The molecule has 1 aliphatic rings. The Labute approximate surface area is 141 Å². The van der Waals surface area contributed by atoms with Crippen LogP contribution in [0.3, 0.4) is 0 Å². The number of imidazole rings is 1. The molecule has 0 saturated carbocycles. The highest BCUT2D eigenvalue weighted by Crippen LogP contribution is 2.20. The van der Waals surface area contributed by atoms with Gasteiger partial charge in [0.05, 0.1) is 30.2 Å². The average Bonchev–Trinajstić information content (AvgIpc) is 3.11. The minimum Gasteiger partial charge on any atom is -0.386 e. The third-order valence-corrected chi connectivity index (χ3v) is 5.13. The molecule has 0 aromatic carbocycles. The third kappa shape index (κ3) is 3.85. The maximum absolute atomic E-state index is 11.3. The Morgan fingerprint density at radius 2 is 2.17 bits per heavy atom. The molecule has 9 heteroatoms. The fraction of sp³-hybridized carbons (Fsp3) is 0.600. The van der Waals surface area contributed by atoms with Crippen molar-refractivity contribution in [2.75, 3.05) is 18.6 Å². The van der Waals surface area contributed by atoms with Gasteiger partial charge in [0.15, 0.2) is 0 Å². The van der Waals surface area contributed by atoms with E-state index in [1.54, 1.807) is 6.07 Å². The van der Waals surface area contributed by atoms with Gasteiger partial charge >= 0.3 is 0 Å². The summed E-state index contributed by atoms with van der Waals surface area (Å²) in [7, 11) is -3.25. The Morgan fingerprint density at radius 3 is 2.88 bits per heavy atom. The minimum absolute atomic E-state index is 0.304. The molecular formula is C15H23N5O3S. The molecule has 3 rings (SSSR count). The Hall–Kier alpha value is -1.71. The fourth-order valence-electron chi connectivity index (χ4n) is 2.99. The van der Waals surface area contributed by atoms with Crippen molar-refractivity contribution in [3.8, 4) is 0 Å². The summed E-state index contributed by atoms with van der Waals surface area (Å²) in [6, 6.07) is 1.80. The molecule has 1 atom stereocenters. The number of hydrogen-bond acceptors (Lipinski definition) is 6. The Kier molecular flexibility index (Phi) is 4.75. The second-order valence-corrected chi connectivity index (χ2v) is 8.42. The summed E-state index contributed by atoms with van der Waals surface area (Å²) in [4.78, 5) is 6.68. The Morgan fingerprint density at radius 1 is 1.38 bits per heavy atom. The van der Waals surface area contributed by atoms with Crippen LogP contribution in [0.15, 0.2) is 18.5 Å². The second kappa shape index (κ2) is 6.66. The standard InChI is InChI=1S/C15H23N5O3S/c1-3-19-5-4-16-15(19)10-18-6-7-20-12(9-18)8-13(17-20)14(21)11-24(2,22)23/h4-5,8,14,21H,3,6-7,9-11H2,1-2H3/t14-/m0/s1. The van der Waals surface area contributed by atoms with Crippen LogP contribution in [0.4, 0.5) is 0 Å². The normalized spacial score (nSPS) is 17.0. The van der Waals surface area contributed by atoms with Crippen molar-refractivity contribution in [1.82, 2.24) is 24.2 Å². The van der Waals surface area contributed by atoms with Crippen LogP contribution in [0.2, 0.25) is 0 Å². The lowest BCUT2D eigenvalue weighted by molar-refractivity contribution is 0.189. The minimum atomic E-state index is -3.25. The van der Waals surface area contributed by atoms with E-state index >= 15 is 0 Å². The van der Waals surface area contributed by atoms with Crippen molar-refractivity contribution in [2.45, 2.75) is 39.2 Å². The molecule has 3 heterocycles. The number of aromatic nitrogens is 4. The van der Waals surface area contributed by atoms with Gasteiger partial charge in [0.1, 0.15) is 21.8 Å². The zero-order valence-electron chi connectivity index (χ0n) is 14.0. The molecule has 24 heavy (non-hydrogen) atoms. The summed E-state index contributed by atoms with van der Waals surface area (Å²) in [5.41, 5.74) is 1.41. The molecule has 0 aliphatic carbocycles. The number of aliphatic hydroxyl groups excluding tert-OH is 1. The molecular weight excluding hydrogens is 330 g/mol. The van der Waals surface area contributed by atoms with E-state index < -0.39 is 15.9 Å². The molecule has 0 unspecified atom stereocenters. The van der Waals surface area contributed by atoms with Crippen LogP contribution in [0.1, 0.15) is 30.2 Å². The molecule has 132 valence electrons. The molecule has 0 amide bonds. The van der Waals surface area contributed by atoms with Gasteiger partial charge in [0.25, 0.3) is 0 Å². The molecule has 0 saturated heterocycles. The van der Waals surface area contributed by atoms with E-state index in [0.29, 0.717) is 18.8 Å². The van der Waals surface area contributed by atoms with Gasteiger partial charge in [-0.25, -0.2) is 13.4 Å². The summed E-state index contributed by atoms with van der Waals surface area (Å²) in [6.07, 6.45) is 3.82. The van der Waals surface area contributed by atoms with Crippen LogP contribution in [0.25, 0.3) is 0 Å². The molecule has 0 spiro atoms. The zero-order chi connectivity index (χ0) is 17.3. The van der Waals surface area contributed by atoms with Gasteiger partial charge in [-0.1, -0.05) is 0 Å². The first-order valence-corrected chi connectivity index (χ1v) is 10.1. The largest absolute Gasteiger partial charge is 0.386 e. The lowest BCUT2D eigenvalue weighted by Gasteiger charge is -2.27. The molecule has 0 radical (unpaired) electrons. The van der Waals surface area contributed by atoms with Gasteiger partial charge in [0.2, 0.25) is 0 Å². The predicted octanol–water partition coefficient (Wildman–Crippen LogP) is 0.193. The van der Waals surface area contributed by atoms with Crippen LogP contribution < -0.4 is 0 Å². The Bertz CT molecular complexity index is 811. The monoisotopic (exact) mass is 353 g/mol. The number of fused-ring (bicyclic) bond motifs is 1. The Balaban J connectivity index is 1.70. The average molecular weight is 353 g/mol. The second-order valence-electron chi connectivity index (χ2n) is 6.23. The molecule has 8 nitrogen and oxygen atoms in total. The van der Waals surface area contributed by atoms with E-state index in [4.69, 9.17) is 0 Å². The lowest BCUT2D eigenvalue weighted by atomic mass is 10.2. The predicted molar refractivity (Wildman–Crippen MR) is 88.9 cm³/mol. The van der Waals surface area contributed by atoms with Gasteiger partial charge < -0.3 is 9.67 Å². The van der Waals surface area contributed by atoms with Crippen LogP contribution in [0, 0.1) is 0 Å². The van der Waals surface area contributed by atoms with Crippen molar-refractivity contribution in [3.63, 3.8) is 0 Å². The summed E-state index contributed by atoms with van der Waals surface area (Å²) < 4.78 is 26.6. The fourth-order valence-corrected chi connectivity index (χ4v) is 3.74. The van der Waals surface area contributed by atoms with E-state index in [9.17, 15) is 13.5 Å².